The highest BCUT2D eigenvalue weighted by Crippen LogP contribution is 2.25. The van der Waals surface area contributed by atoms with E-state index in [4.69, 9.17) is 17.3 Å². The predicted molar refractivity (Wildman–Crippen MR) is 55.6 cm³/mol. The first kappa shape index (κ1) is 9.60. The summed E-state index contributed by atoms with van der Waals surface area (Å²) in [5.74, 6) is -0.329. The quantitative estimate of drug-likeness (QED) is 0.453. The molecule has 0 bridgehead atoms. The van der Waals surface area contributed by atoms with Gasteiger partial charge >= 0.3 is 5.82 Å². The number of halogens is 1. The Hall–Kier alpha value is -1.95. The van der Waals surface area contributed by atoms with Gasteiger partial charge in [0, 0.05) is 16.5 Å². The van der Waals surface area contributed by atoms with Crippen LogP contribution in [0.3, 0.4) is 0 Å². The number of nitrogens with zero attached hydrogens (tertiary/aromatic N) is 3. The maximum Gasteiger partial charge on any atom is 0.391 e. The second-order valence-electron chi connectivity index (χ2n) is 2.89. The van der Waals surface area contributed by atoms with E-state index in [9.17, 15) is 10.1 Å². The van der Waals surface area contributed by atoms with Crippen molar-refractivity contribution in [3.05, 3.63) is 33.3 Å². The number of hydrogen-bond donors (Lipinski definition) is 1. The number of nitrogen functional groups attached to an aromatic ring is 1. The van der Waals surface area contributed by atoms with Crippen LogP contribution < -0.4 is 5.73 Å². The van der Waals surface area contributed by atoms with Crippen molar-refractivity contribution in [3.63, 3.8) is 0 Å². The van der Waals surface area contributed by atoms with Crippen LogP contribution in [0.25, 0.3) is 10.9 Å². The Kier molecular flexibility index (Phi) is 2.12. The van der Waals surface area contributed by atoms with Gasteiger partial charge in [-0.2, -0.15) is 0 Å². The summed E-state index contributed by atoms with van der Waals surface area (Å²) in [6.45, 7) is 0. The topological polar surface area (TPSA) is 94.9 Å². The van der Waals surface area contributed by atoms with Crippen molar-refractivity contribution >= 4 is 34.0 Å². The van der Waals surface area contributed by atoms with E-state index < -0.39 is 4.92 Å². The van der Waals surface area contributed by atoms with Crippen LogP contribution in [0.4, 0.5) is 11.5 Å². The molecule has 2 N–H and O–H groups in total. The van der Waals surface area contributed by atoms with Crippen molar-refractivity contribution in [3.8, 4) is 0 Å². The fourth-order valence-electron chi connectivity index (χ4n) is 1.23. The second-order valence-corrected chi connectivity index (χ2v) is 3.33. The van der Waals surface area contributed by atoms with Gasteiger partial charge in [0.05, 0.1) is 10.8 Å². The molecule has 0 saturated heterocycles. The SMILES string of the molecule is Nc1cc(Cl)cc2cc([N+](=O)[O-])nnc12. The zero-order chi connectivity index (χ0) is 11.0. The van der Waals surface area contributed by atoms with Crippen LogP contribution in [-0.2, 0) is 0 Å². The minimum Gasteiger partial charge on any atom is -0.397 e. The molecule has 0 amide bonds. The van der Waals surface area contributed by atoms with Gasteiger partial charge in [0.15, 0.2) is 0 Å². The van der Waals surface area contributed by atoms with E-state index in [1.807, 2.05) is 0 Å². The zero-order valence-corrected chi connectivity index (χ0v) is 8.10. The van der Waals surface area contributed by atoms with Crippen molar-refractivity contribution in [2.24, 2.45) is 0 Å². The highest BCUT2D eigenvalue weighted by Gasteiger charge is 2.12. The lowest BCUT2D eigenvalue weighted by Gasteiger charge is -1.99. The van der Waals surface area contributed by atoms with Crippen molar-refractivity contribution < 1.29 is 4.92 Å². The fraction of sp³-hybridized carbons (Fsp3) is 0. The third-order valence-electron chi connectivity index (χ3n) is 1.86. The number of aromatic nitrogens is 2. The molecule has 7 heteroatoms. The molecule has 0 atom stereocenters. The summed E-state index contributed by atoms with van der Waals surface area (Å²) in [4.78, 5) is 9.83. The van der Waals surface area contributed by atoms with Crippen LogP contribution in [0.15, 0.2) is 18.2 Å². The minimum absolute atomic E-state index is 0.329. The Morgan fingerprint density at radius 2 is 2.07 bits per heavy atom. The van der Waals surface area contributed by atoms with Gasteiger partial charge in [-0.25, -0.2) is 0 Å². The van der Waals surface area contributed by atoms with Crippen LogP contribution in [0.1, 0.15) is 0 Å². The molecule has 0 spiro atoms. The van der Waals surface area contributed by atoms with Crippen molar-refractivity contribution in [1.82, 2.24) is 10.2 Å². The largest absolute Gasteiger partial charge is 0.397 e. The lowest BCUT2D eigenvalue weighted by atomic mass is 10.2. The van der Waals surface area contributed by atoms with Crippen LogP contribution in [-0.4, -0.2) is 15.1 Å². The first-order chi connectivity index (χ1) is 7.08. The Labute approximate surface area is 88.8 Å². The maximum absolute atomic E-state index is 10.5. The predicted octanol–water partition coefficient (Wildman–Crippen LogP) is 1.77. The fourth-order valence-corrected chi connectivity index (χ4v) is 1.46. The van der Waals surface area contributed by atoms with Crippen LogP contribution >= 0.6 is 11.6 Å². The van der Waals surface area contributed by atoms with Gasteiger partial charge in [0.2, 0.25) is 0 Å². The average molecular weight is 225 g/mol. The molecule has 76 valence electrons. The monoisotopic (exact) mass is 224 g/mol. The molecule has 1 heterocycles. The molecule has 1 aromatic heterocycles. The Morgan fingerprint density at radius 3 is 2.73 bits per heavy atom. The number of fused-ring (bicyclic) bond motifs is 1. The summed E-state index contributed by atoms with van der Waals surface area (Å²) in [6, 6.07) is 4.35. The van der Waals surface area contributed by atoms with Gasteiger partial charge in [-0.15, -0.1) is 0 Å². The van der Waals surface area contributed by atoms with E-state index >= 15 is 0 Å². The molecule has 15 heavy (non-hydrogen) atoms. The standard InChI is InChI=1S/C8H5ClN4O2/c9-5-1-4-2-7(13(14)15)11-12-8(4)6(10)3-5/h1-3H,10H2. The molecule has 0 fully saturated rings. The molecule has 6 nitrogen and oxygen atoms in total. The van der Waals surface area contributed by atoms with Crippen LogP contribution in [0.5, 0.6) is 0 Å². The normalized spacial score (nSPS) is 10.5. The summed E-state index contributed by atoms with van der Waals surface area (Å²) < 4.78 is 0. The third kappa shape index (κ3) is 1.66. The first-order valence-corrected chi connectivity index (χ1v) is 4.32. The van der Waals surface area contributed by atoms with E-state index in [2.05, 4.69) is 10.2 Å². The number of benzene rings is 1. The zero-order valence-electron chi connectivity index (χ0n) is 7.35. The third-order valence-corrected chi connectivity index (χ3v) is 2.08. The lowest BCUT2D eigenvalue weighted by molar-refractivity contribution is -0.390. The molecule has 0 saturated carbocycles. The van der Waals surface area contributed by atoms with E-state index in [-0.39, 0.29) is 5.82 Å². The molecule has 2 rings (SSSR count). The summed E-state index contributed by atoms with van der Waals surface area (Å²) >= 11 is 5.76. The molecule has 0 aliphatic carbocycles. The molecule has 0 unspecified atom stereocenters. The second kappa shape index (κ2) is 3.32. The maximum atomic E-state index is 10.5. The van der Waals surface area contributed by atoms with Crippen LogP contribution in [0.2, 0.25) is 5.02 Å². The molecule has 0 aliphatic heterocycles. The van der Waals surface area contributed by atoms with E-state index in [0.717, 1.165) is 0 Å². The molecular weight excluding hydrogens is 220 g/mol. The number of nitrogens with two attached hydrogens (primary N) is 1. The Bertz CT molecular complexity index is 558. The van der Waals surface area contributed by atoms with Gasteiger partial charge in [0.1, 0.15) is 5.52 Å². The van der Waals surface area contributed by atoms with Crippen LogP contribution in [0, 0.1) is 10.1 Å². The number of anilines is 1. The highest BCUT2D eigenvalue weighted by atomic mass is 35.5. The number of hydrogen-bond acceptors (Lipinski definition) is 5. The number of nitro groups is 1. The van der Waals surface area contributed by atoms with Gasteiger partial charge in [-0.3, -0.25) is 0 Å². The summed E-state index contributed by atoms with van der Waals surface area (Å²) in [5.41, 5.74) is 6.38. The Morgan fingerprint density at radius 1 is 1.33 bits per heavy atom. The summed E-state index contributed by atoms with van der Waals surface area (Å²) in [7, 11) is 0. The number of rotatable bonds is 1. The van der Waals surface area contributed by atoms with Gasteiger partial charge < -0.3 is 15.8 Å². The minimum atomic E-state index is -0.621. The molecular formula is C8H5ClN4O2. The molecule has 2 aromatic rings. The van der Waals surface area contributed by atoms with Crippen molar-refractivity contribution in [1.29, 1.82) is 0 Å². The highest BCUT2D eigenvalue weighted by molar-refractivity contribution is 6.31. The van der Waals surface area contributed by atoms with Gasteiger partial charge in [0.25, 0.3) is 0 Å². The van der Waals surface area contributed by atoms with Crippen molar-refractivity contribution in [2.45, 2.75) is 0 Å². The van der Waals surface area contributed by atoms with E-state index in [1.165, 1.54) is 12.1 Å². The molecule has 1 aromatic carbocycles. The van der Waals surface area contributed by atoms with E-state index in [0.29, 0.717) is 21.6 Å². The molecule has 0 aliphatic rings. The van der Waals surface area contributed by atoms with Gasteiger partial charge in [-0.05, 0) is 22.2 Å². The summed E-state index contributed by atoms with van der Waals surface area (Å²) in [6.07, 6.45) is 0. The Balaban J connectivity index is 2.76. The van der Waals surface area contributed by atoms with Gasteiger partial charge in [-0.1, -0.05) is 11.6 Å². The van der Waals surface area contributed by atoms with E-state index in [1.54, 1.807) is 6.07 Å². The molecule has 0 radical (unpaired) electrons. The summed E-state index contributed by atoms with van der Waals surface area (Å²) in [5, 5.41) is 18.5. The lowest BCUT2D eigenvalue weighted by Crippen LogP contribution is -1.97. The first-order valence-electron chi connectivity index (χ1n) is 3.95. The average Bonchev–Trinajstić information content (AvgIpc) is 2.16. The smallest absolute Gasteiger partial charge is 0.391 e. The van der Waals surface area contributed by atoms with Crippen molar-refractivity contribution in [2.75, 3.05) is 5.73 Å².